The average Bonchev–Trinajstić information content (AvgIpc) is 2.13. The van der Waals surface area contributed by atoms with Gasteiger partial charge in [-0.2, -0.15) is 0 Å². The van der Waals surface area contributed by atoms with Gasteiger partial charge in [-0.1, -0.05) is 0 Å². The van der Waals surface area contributed by atoms with Gasteiger partial charge in [-0.25, -0.2) is 0 Å². The first kappa shape index (κ1) is 10.5. The van der Waals surface area contributed by atoms with Gasteiger partial charge in [0.2, 0.25) is 0 Å². The predicted octanol–water partition coefficient (Wildman–Crippen LogP) is 0.657. The molecule has 13 heavy (non-hydrogen) atoms. The van der Waals surface area contributed by atoms with E-state index in [1.807, 2.05) is 0 Å². The minimum atomic E-state index is 0.334. The van der Waals surface area contributed by atoms with E-state index in [-0.39, 0.29) is 0 Å². The van der Waals surface area contributed by atoms with E-state index >= 15 is 0 Å². The van der Waals surface area contributed by atoms with Crippen LogP contribution in [0.15, 0.2) is 0 Å². The van der Waals surface area contributed by atoms with Crippen molar-refractivity contribution in [2.45, 2.75) is 38.1 Å². The van der Waals surface area contributed by atoms with Crippen molar-refractivity contribution in [1.82, 2.24) is 0 Å². The van der Waals surface area contributed by atoms with Gasteiger partial charge in [0.05, 0.1) is 0 Å². The normalized spacial score (nSPS) is 23.7. The van der Waals surface area contributed by atoms with Crippen molar-refractivity contribution in [1.29, 1.82) is 0 Å². The molecule has 0 aromatic heterocycles. The molecule has 0 amide bonds. The third-order valence-electron chi connectivity index (χ3n) is 2.64. The quantitative estimate of drug-likeness (QED) is 0.629. The highest BCUT2D eigenvalue weighted by molar-refractivity contribution is 5.80. The summed E-state index contributed by atoms with van der Waals surface area (Å²) in [7, 11) is 0. The highest BCUT2D eigenvalue weighted by Gasteiger charge is 2.23. The van der Waals surface area contributed by atoms with Crippen molar-refractivity contribution in [2.75, 3.05) is 13.1 Å². The molecule has 1 rings (SSSR count). The smallest absolute Gasteiger partial charge is 0.149 e. The first-order chi connectivity index (χ1) is 6.29. The van der Waals surface area contributed by atoms with Crippen LogP contribution in [0.25, 0.3) is 5.84 Å². The van der Waals surface area contributed by atoms with Crippen LogP contribution >= 0.6 is 0 Å². The molecule has 0 bridgehead atoms. The van der Waals surface area contributed by atoms with Crippen molar-refractivity contribution in [3.8, 4) is 0 Å². The largest absolute Gasteiger partial charge is 0.454 e. The number of nitrogens with one attached hydrogen (secondary N) is 1. The van der Waals surface area contributed by atoms with Crippen molar-refractivity contribution >= 4 is 5.71 Å². The fourth-order valence-corrected chi connectivity index (χ4v) is 1.93. The maximum absolute atomic E-state index is 7.88. The van der Waals surface area contributed by atoms with Gasteiger partial charge in [0, 0.05) is 32.2 Å². The molecule has 0 radical (unpaired) electrons. The van der Waals surface area contributed by atoms with Crippen LogP contribution in [0.2, 0.25) is 0 Å². The lowest BCUT2D eigenvalue weighted by molar-refractivity contribution is -0.510. The molecule has 0 aromatic carbocycles. The number of nitrogens with two attached hydrogens (primary N) is 2. The van der Waals surface area contributed by atoms with Crippen molar-refractivity contribution < 1.29 is 4.68 Å². The van der Waals surface area contributed by atoms with Crippen LogP contribution in [-0.4, -0.2) is 29.5 Å². The second kappa shape index (κ2) is 5.19. The molecule has 76 valence electrons. The van der Waals surface area contributed by atoms with Gasteiger partial charge < -0.3 is 17.3 Å². The molecule has 0 spiro atoms. The molecular weight excluding hydrogens is 164 g/mol. The molecule has 1 aliphatic rings. The highest BCUT2D eigenvalue weighted by Crippen LogP contribution is 2.16. The Balaban J connectivity index is 2.61. The summed E-state index contributed by atoms with van der Waals surface area (Å²) in [6.07, 6.45) is 5.13. The minimum absolute atomic E-state index is 0.334. The van der Waals surface area contributed by atoms with Crippen molar-refractivity contribution in [3.63, 3.8) is 0 Å². The van der Waals surface area contributed by atoms with E-state index in [9.17, 15) is 0 Å². The van der Waals surface area contributed by atoms with E-state index in [2.05, 4.69) is 0 Å². The third kappa shape index (κ3) is 2.67. The summed E-state index contributed by atoms with van der Waals surface area (Å²) in [5.41, 5.74) is 12.2. The van der Waals surface area contributed by atoms with Crippen LogP contribution < -0.4 is 11.5 Å². The maximum Gasteiger partial charge on any atom is 0.149 e. The Kier molecular flexibility index (Phi) is 4.18. The summed E-state index contributed by atoms with van der Waals surface area (Å²) < 4.78 is 1.66. The van der Waals surface area contributed by atoms with Crippen LogP contribution in [0.5, 0.6) is 0 Å². The van der Waals surface area contributed by atoms with Crippen LogP contribution in [0.3, 0.4) is 0 Å². The van der Waals surface area contributed by atoms with Gasteiger partial charge in [0.1, 0.15) is 11.8 Å². The average molecular weight is 184 g/mol. The van der Waals surface area contributed by atoms with E-state index in [0.29, 0.717) is 19.1 Å². The summed E-state index contributed by atoms with van der Waals surface area (Å²) in [4.78, 5) is 0. The van der Waals surface area contributed by atoms with Gasteiger partial charge in [-0.3, -0.25) is 4.68 Å². The number of hydrogen-bond donors (Lipinski definition) is 2. The summed E-state index contributed by atoms with van der Waals surface area (Å²) in [6.45, 7) is 1.33. The van der Waals surface area contributed by atoms with Gasteiger partial charge in [0.15, 0.2) is 0 Å². The Bertz CT molecular complexity index is 188. The zero-order valence-corrected chi connectivity index (χ0v) is 8.13. The minimum Gasteiger partial charge on any atom is -0.454 e. The molecule has 1 atom stereocenters. The molecule has 4 nitrogen and oxygen atoms in total. The lowest BCUT2D eigenvalue weighted by Crippen LogP contribution is -2.33. The molecule has 1 unspecified atom stereocenters. The van der Waals surface area contributed by atoms with Crippen LogP contribution in [-0.2, 0) is 0 Å². The molecule has 4 heteroatoms. The van der Waals surface area contributed by atoms with Crippen LogP contribution in [0, 0.1) is 0 Å². The molecule has 5 N–H and O–H groups in total. The van der Waals surface area contributed by atoms with Crippen molar-refractivity contribution in [3.05, 3.63) is 5.84 Å². The highest BCUT2D eigenvalue weighted by atomic mass is 15.3. The molecular formula is C9H20N4. The second-order valence-corrected chi connectivity index (χ2v) is 3.60. The van der Waals surface area contributed by atoms with E-state index in [4.69, 9.17) is 17.3 Å². The fourth-order valence-electron chi connectivity index (χ4n) is 1.93. The van der Waals surface area contributed by atoms with Gasteiger partial charge in [-0.15, -0.1) is 0 Å². The number of hydrogen-bond acceptors (Lipinski definition) is 2. The standard InChI is InChI=1S/C9H20N4/c10-6-4-8-2-1-3-9(5-7-11)13(8)12/h8,12H,1-7,10-11H2. The predicted molar refractivity (Wildman–Crippen MR) is 54.6 cm³/mol. The topological polar surface area (TPSA) is 78.8 Å². The third-order valence-corrected chi connectivity index (χ3v) is 2.64. The first-order valence-corrected chi connectivity index (χ1v) is 5.05. The lowest BCUT2D eigenvalue weighted by Gasteiger charge is -2.24. The van der Waals surface area contributed by atoms with Crippen LogP contribution in [0.4, 0.5) is 0 Å². The maximum atomic E-state index is 7.88. The van der Waals surface area contributed by atoms with Crippen LogP contribution in [0.1, 0.15) is 32.1 Å². The molecule has 0 saturated heterocycles. The SMILES string of the molecule is [NH-][N+]1=C(CCN)CCCC1CCN. The molecule has 1 heterocycles. The summed E-state index contributed by atoms with van der Waals surface area (Å²) in [5.74, 6) is 7.88. The summed E-state index contributed by atoms with van der Waals surface area (Å²) in [6, 6.07) is 0.334. The van der Waals surface area contributed by atoms with Gasteiger partial charge in [0.25, 0.3) is 0 Å². The Morgan fingerprint density at radius 3 is 2.77 bits per heavy atom. The summed E-state index contributed by atoms with van der Waals surface area (Å²) >= 11 is 0. The monoisotopic (exact) mass is 184 g/mol. The van der Waals surface area contributed by atoms with E-state index in [1.54, 1.807) is 4.68 Å². The Labute approximate surface area is 79.7 Å². The Morgan fingerprint density at radius 1 is 1.38 bits per heavy atom. The first-order valence-electron chi connectivity index (χ1n) is 5.05. The molecule has 1 aliphatic heterocycles. The Morgan fingerprint density at radius 2 is 2.15 bits per heavy atom. The number of nitrogens with zero attached hydrogens (tertiary/aromatic N) is 1. The van der Waals surface area contributed by atoms with E-state index in [1.165, 1.54) is 12.1 Å². The number of rotatable bonds is 4. The second-order valence-electron chi connectivity index (χ2n) is 3.60. The zero-order chi connectivity index (χ0) is 9.68. The molecule has 0 fully saturated rings. The van der Waals surface area contributed by atoms with Gasteiger partial charge >= 0.3 is 0 Å². The molecule has 0 saturated carbocycles. The van der Waals surface area contributed by atoms with Gasteiger partial charge in [-0.05, 0) is 13.0 Å². The van der Waals surface area contributed by atoms with Crippen molar-refractivity contribution in [2.24, 2.45) is 11.5 Å². The molecule has 0 aromatic rings. The fraction of sp³-hybridized carbons (Fsp3) is 0.889. The summed E-state index contributed by atoms with van der Waals surface area (Å²) in [5, 5.41) is 0. The zero-order valence-electron chi connectivity index (χ0n) is 8.13. The van der Waals surface area contributed by atoms with E-state index < -0.39 is 0 Å². The van der Waals surface area contributed by atoms with E-state index in [0.717, 1.165) is 25.7 Å². The lowest BCUT2D eigenvalue weighted by atomic mass is 9.98. The Hall–Kier alpha value is -0.610. The molecule has 0 aliphatic carbocycles.